The summed E-state index contributed by atoms with van der Waals surface area (Å²) in [6.45, 7) is 1.87. The normalized spacial score (nSPS) is 11.0. The lowest BCUT2D eigenvalue weighted by molar-refractivity contribution is -0.131. The van der Waals surface area contributed by atoms with E-state index in [0.717, 1.165) is 6.08 Å². The topological polar surface area (TPSA) is 85.5 Å². The van der Waals surface area contributed by atoms with Crippen LogP contribution in [0.5, 0.6) is 5.75 Å². The van der Waals surface area contributed by atoms with Crippen molar-refractivity contribution in [2.45, 2.75) is 20.0 Å². The fourth-order valence-electron chi connectivity index (χ4n) is 1.54. The molecular weight excluding hydrogens is 279 g/mol. The van der Waals surface area contributed by atoms with Crippen molar-refractivity contribution in [3.8, 4) is 5.75 Å². The fraction of sp³-hybridized carbons (Fsp3) is 0.214. The van der Waals surface area contributed by atoms with E-state index >= 15 is 0 Å². The molecule has 0 aliphatic heterocycles. The van der Waals surface area contributed by atoms with Gasteiger partial charge >= 0.3 is 5.97 Å². The molecule has 0 unspecified atom stereocenters. The van der Waals surface area contributed by atoms with Crippen molar-refractivity contribution < 1.29 is 23.6 Å². The molecule has 110 valence electrons. The molecule has 1 aromatic heterocycles. The molecule has 7 heteroatoms. The Kier molecular flexibility index (Phi) is 4.65. The first-order chi connectivity index (χ1) is 10.1. The Balaban J connectivity index is 2.02. The lowest BCUT2D eigenvalue weighted by Crippen LogP contribution is -1.99. The summed E-state index contributed by atoms with van der Waals surface area (Å²) in [6, 6.07) is 4.14. The molecule has 0 spiro atoms. The van der Waals surface area contributed by atoms with Crippen LogP contribution in [0.4, 0.5) is 4.39 Å². The van der Waals surface area contributed by atoms with Gasteiger partial charge in [-0.2, -0.15) is 4.98 Å². The monoisotopic (exact) mass is 292 g/mol. The van der Waals surface area contributed by atoms with Crippen molar-refractivity contribution in [2.24, 2.45) is 0 Å². The number of benzene rings is 1. The Bertz CT molecular complexity index is 667. The van der Waals surface area contributed by atoms with Gasteiger partial charge in [-0.05, 0) is 23.8 Å². The van der Waals surface area contributed by atoms with E-state index < -0.39 is 11.8 Å². The predicted octanol–water partition coefficient (Wildman–Crippen LogP) is 2.45. The number of hydrogen-bond donors (Lipinski definition) is 1. The quantitative estimate of drug-likeness (QED) is 0.823. The molecule has 0 aliphatic carbocycles. The highest BCUT2D eigenvalue weighted by molar-refractivity contribution is 5.85. The molecule has 0 radical (unpaired) electrons. The number of carboxylic acid groups (broad SMARTS) is 1. The smallest absolute Gasteiger partial charge is 0.328 e. The molecule has 0 amide bonds. The number of carboxylic acids is 1. The third-order valence-corrected chi connectivity index (χ3v) is 2.54. The van der Waals surface area contributed by atoms with Crippen LogP contribution in [-0.2, 0) is 17.8 Å². The largest absolute Gasteiger partial charge is 0.482 e. The van der Waals surface area contributed by atoms with Crippen LogP contribution in [0.3, 0.4) is 0 Å². The summed E-state index contributed by atoms with van der Waals surface area (Å²) in [7, 11) is 0. The molecule has 0 saturated carbocycles. The van der Waals surface area contributed by atoms with E-state index in [0.29, 0.717) is 23.7 Å². The molecule has 6 nitrogen and oxygen atoms in total. The van der Waals surface area contributed by atoms with Gasteiger partial charge in [0.25, 0.3) is 0 Å². The van der Waals surface area contributed by atoms with E-state index in [2.05, 4.69) is 10.1 Å². The molecule has 0 fully saturated rings. The molecule has 2 aromatic rings. The first-order valence-corrected chi connectivity index (χ1v) is 6.23. The third kappa shape index (κ3) is 4.13. The summed E-state index contributed by atoms with van der Waals surface area (Å²) in [5.74, 6) is -0.837. The van der Waals surface area contributed by atoms with Crippen molar-refractivity contribution in [3.63, 3.8) is 0 Å². The van der Waals surface area contributed by atoms with E-state index in [-0.39, 0.29) is 12.4 Å². The van der Waals surface area contributed by atoms with Crippen LogP contribution >= 0.6 is 0 Å². The number of carbonyl (C=O) groups is 1. The molecule has 2 rings (SSSR count). The van der Waals surface area contributed by atoms with Gasteiger partial charge in [0, 0.05) is 12.5 Å². The average Bonchev–Trinajstić information content (AvgIpc) is 2.92. The van der Waals surface area contributed by atoms with Gasteiger partial charge in [-0.3, -0.25) is 0 Å². The van der Waals surface area contributed by atoms with Crippen LogP contribution in [0.25, 0.3) is 6.08 Å². The average molecular weight is 292 g/mol. The molecule has 0 saturated heterocycles. The second-order valence-electron chi connectivity index (χ2n) is 4.11. The Morgan fingerprint density at radius 1 is 1.52 bits per heavy atom. The number of rotatable bonds is 6. The Morgan fingerprint density at radius 2 is 2.33 bits per heavy atom. The van der Waals surface area contributed by atoms with Gasteiger partial charge in [0.1, 0.15) is 0 Å². The summed E-state index contributed by atoms with van der Waals surface area (Å²) in [5, 5.41) is 12.2. The van der Waals surface area contributed by atoms with Gasteiger partial charge in [-0.1, -0.05) is 18.1 Å². The van der Waals surface area contributed by atoms with Gasteiger partial charge in [0.15, 0.2) is 18.2 Å². The number of aromatic nitrogens is 2. The van der Waals surface area contributed by atoms with Crippen LogP contribution in [0.1, 0.15) is 24.2 Å². The van der Waals surface area contributed by atoms with Crippen LogP contribution in [0.15, 0.2) is 28.8 Å². The van der Waals surface area contributed by atoms with Crippen molar-refractivity contribution in [1.29, 1.82) is 0 Å². The Labute approximate surface area is 119 Å². The van der Waals surface area contributed by atoms with E-state index in [9.17, 15) is 9.18 Å². The second kappa shape index (κ2) is 6.65. The Hall–Kier alpha value is -2.70. The number of hydrogen-bond acceptors (Lipinski definition) is 5. The second-order valence-corrected chi connectivity index (χ2v) is 4.11. The maximum atomic E-state index is 13.8. The van der Waals surface area contributed by atoms with Crippen molar-refractivity contribution in [3.05, 3.63) is 47.4 Å². The van der Waals surface area contributed by atoms with Crippen LogP contribution in [0, 0.1) is 5.82 Å². The Morgan fingerprint density at radius 3 is 2.95 bits per heavy atom. The zero-order valence-corrected chi connectivity index (χ0v) is 11.2. The summed E-state index contributed by atoms with van der Waals surface area (Å²) >= 11 is 0. The zero-order chi connectivity index (χ0) is 15.2. The van der Waals surface area contributed by atoms with E-state index in [1.807, 2.05) is 6.92 Å². The highest BCUT2D eigenvalue weighted by atomic mass is 19.1. The minimum absolute atomic E-state index is 0.00919. The summed E-state index contributed by atoms with van der Waals surface area (Å²) in [6.07, 6.45) is 2.84. The summed E-state index contributed by atoms with van der Waals surface area (Å²) in [5.41, 5.74) is 0.426. The van der Waals surface area contributed by atoms with Gasteiger partial charge < -0.3 is 14.4 Å². The highest BCUT2D eigenvalue weighted by Gasteiger charge is 2.08. The standard InChI is InChI=1S/C14H13FN2O4/c1-2-13-16-12(17-21-13)8-20-11-5-3-9(7-10(11)15)4-6-14(18)19/h3-7H,2,8H2,1H3,(H,18,19)/b6-4+. The first-order valence-electron chi connectivity index (χ1n) is 6.23. The van der Waals surface area contributed by atoms with Gasteiger partial charge in [-0.25, -0.2) is 9.18 Å². The number of halogens is 1. The molecule has 0 aliphatic rings. The predicted molar refractivity (Wildman–Crippen MR) is 71.1 cm³/mol. The van der Waals surface area contributed by atoms with Crippen LogP contribution < -0.4 is 4.74 Å². The molecule has 21 heavy (non-hydrogen) atoms. The number of aryl methyl sites for hydroxylation is 1. The van der Waals surface area contributed by atoms with Gasteiger partial charge in [-0.15, -0.1) is 0 Å². The molecule has 1 N–H and O–H groups in total. The number of nitrogens with zero attached hydrogens (tertiary/aromatic N) is 2. The molecular formula is C14H13FN2O4. The minimum atomic E-state index is -1.10. The van der Waals surface area contributed by atoms with E-state index in [1.54, 1.807) is 6.07 Å². The summed E-state index contributed by atoms with van der Waals surface area (Å²) in [4.78, 5) is 14.4. The van der Waals surface area contributed by atoms with E-state index in [4.69, 9.17) is 14.4 Å². The highest BCUT2D eigenvalue weighted by Crippen LogP contribution is 2.20. The maximum Gasteiger partial charge on any atom is 0.328 e. The lowest BCUT2D eigenvalue weighted by atomic mass is 10.2. The molecule has 1 heterocycles. The van der Waals surface area contributed by atoms with Gasteiger partial charge in [0.2, 0.25) is 11.7 Å². The number of aliphatic carboxylic acids is 1. The maximum absolute atomic E-state index is 13.8. The van der Waals surface area contributed by atoms with Crippen LogP contribution in [0.2, 0.25) is 0 Å². The summed E-state index contributed by atoms with van der Waals surface area (Å²) < 4.78 is 23.9. The van der Waals surface area contributed by atoms with Crippen molar-refractivity contribution in [2.75, 3.05) is 0 Å². The van der Waals surface area contributed by atoms with Crippen molar-refractivity contribution in [1.82, 2.24) is 10.1 Å². The first kappa shape index (κ1) is 14.7. The minimum Gasteiger partial charge on any atom is -0.482 e. The lowest BCUT2D eigenvalue weighted by Gasteiger charge is -2.05. The van der Waals surface area contributed by atoms with Crippen LogP contribution in [-0.4, -0.2) is 21.2 Å². The molecule has 0 bridgehead atoms. The fourth-order valence-corrected chi connectivity index (χ4v) is 1.54. The molecule has 1 aromatic carbocycles. The SMILES string of the molecule is CCc1nc(COc2ccc(/C=C/C(=O)O)cc2F)no1. The van der Waals surface area contributed by atoms with Gasteiger partial charge in [0.05, 0.1) is 0 Å². The number of ether oxygens (including phenoxy) is 1. The van der Waals surface area contributed by atoms with Crippen molar-refractivity contribution >= 4 is 12.0 Å². The third-order valence-electron chi connectivity index (χ3n) is 2.54. The van der Waals surface area contributed by atoms with E-state index in [1.165, 1.54) is 18.2 Å². The zero-order valence-electron chi connectivity index (χ0n) is 11.2. The molecule has 0 atom stereocenters.